The summed E-state index contributed by atoms with van der Waals surface area (Å²) in [6.07, 6.45) is 0.921. The van der Waals surface area contributed by atoms with E-state index in [0.717, 1.165) is 12.0 Å². The van der Waals surface area contributed by atoms with E-state index >= 15 is 0 Å². The van der Waals surface area contributed by atoms with E-state index in [9.17, 15) is 9.18 Å². The van der Waals surface area contributed by atoms with E-state index in [-0.39, 0.29) is 5.69 Å². The predicted molar refractivity (Wildman–Crippen MR) is 80.6 cm³/mol. The van der Waals surface area contributed by atoms with Gasteiger partial charge >= 0.3 is 5.97 Å². The maximum Gasteiger partial charge on any atom is 0.332 e. The molecule has 0 radical (unpaired) electrons. The zero-order valence-electron chi connectivity index (χ0n) is 12.1. The number of esters is 1. The molecule has 0 aliphatic carbocycles. The van der Waals surface area contributed by atoms with Crippen LogP contribution in [0.25, 0.3) is 0 Å². The van der Waals surface area contributed by atoms with Gasteiger partial charge in [-0.05, 0) is 29.7 Å². The van der Waals surface area contributed by atoms with E-state index < -0.39 is 17.8 Å². The van der Waals surface area contributed by atoms with Gasteiger partial charge in [-0.25, -0.2) is 9.18 Å². The number of methoxy groups -OCH3 is 1. The minimum absolute atomic E-state index is 0.271. The van der Waals surface area contributed by atoms with Crippen molar-refractivity contribution in [3.63, 3.8) is 0 Å². The molecular weight excluding hydrogens is 269 g/mol. The van der Waals surface area contributed by atoms with Gasteiger partial charge in [-0.2, -0.15) is 0 Å². The smallest absolute Gasteiger partial charge is 0.332 e. The summed E-state index contributed by atoms with van der Waals surface area (Å²) >= 11 is 0. The molecule has 0 fully saturated rings. The largest absolute Gasteiger partial charge is 0.467 e. The highest BCUT2D eigenvalue weighted by atomic mass is 19.1. The summed E-state index contributed by atoms with van der Waals surface area (Å²) in [7, 11) is 1.32. The van der Waals surface area contributed by atoms with Crippen molar-refractivity contribution in [2.75, 3.05) is 12.4 Å². The lowest BCUT2D eigenvalue weighted by Crippen LogP contribution is -2.22. The van der Waals surface area contributed by atoms with Crippen molar-refractivity contribution in [1.82, 2.24) is 0 Å². The minimum atomic E-state index is -0.738. The first-order valence-electron chi connectivity index (χ1n) is 6.83. The molecule has 0 heterocycles. The van der Waals surface area contributed by atoms with Gasteiger partial charge in [0.05, 0.1) is 12.8 Å². The first-order valence-corrected chi connectivity index (χ1v) is 6.83. The van der Waals surface area contributed by atoms with Crippen LogP contribution in [0, 0.1) is 5.82 Å². The fourth-order valence-electron chi connectivity index (χ4n) is 2.08. The molecule has 3 nitrogen and oxygen atoms in total. The van der Waals surface area contributed by atoms with Crippen molar-refractivity contribution in [3.8, 4) is 0 Å². The quantitative estimate of drug-likeness (QED) is 0.852. The third-order valence-corrected chi connectivity index (χ3v) is 3.33. The maximum absolute atomic E-state index is 13.7. The molecule has 1 N–H and O–H groups in total. The van der Waals surface area contributed by atoms with Crippen LogP contribution >= 0.6 is 0 Å². The third-order valence-electron chi connectivity index (χ3n) is 3.33. The van der Waals surface area contributed by atoms with Gasteiger partial charge in [-0.15, -0.1) is 0 Å². The highest BCUT2D eigenvalue weighted by Gasteiger charge is 2.22. The first kappa shape index (κ1) is 15.0. The van der Waals surface area contributed by atoms with E-state index in [4.69, 9.17) is 4.74 Å². The Hall–Kier alpha value is -2.36. The molecule has 2 aromatic carbocycles. The molecule has 21 heavy (non-hydrogen) atoms. The first-order chi connectivity index (χ1) is 10.2. The average Bonchev–Trinajstić information content (AvgIpc) is 2.53. The molecule has 110 valence electrons. The molecule has 0 spiro atoms. The van der Waals surface area contributed by atoms with E-state index in [2.05, 4.69) is 12.2 Å². The molecule has 0 saturated heterocycles. The topological polar surface area (TPSA) is 38.3 Å². The second-order valence-corrected chi connectivity index (χ2v) is 4.68. The minimum Gasteiger partial charge on any atom is -0.467 e. The van der Waals surface area contributed by atoms with E-state index in [1.165, 1.54) is 18.7 Å². The average molecular weight is 287 g/mol. The van der Waals surface area contributed by atoms with Gasteiger partial charge in [-0.1, -0.05) is 43.3 Å². The van der Waals surface area contributed by atoms with E-state index in [0.29, 0.717) is 0 Å². The number of anilines is 1. The predicted octanol–water partition coefficient (Wildman–Crippen LogP) is 3.71. The molecule has 2 aromatic rings. The summed E-state index contributed by atoms with van der Waals surface area (Å²) in [5, 5.41) is 2.90. The van der Waals surface area contributed by atoms with Gasteiger partial charge in [0, 0.05) is 0 Å². The number of hydrogen-bond acceptors (Lipinski definition) is 3. The summed E-state index contributed by atoms with van der Waals surface area (Å²) in [4.78, 5) is 12.0. The molecule has 0 aromatic heterocycles. The van der Waals surface area contributed by atoms with Gasteiger partial charge < -0.3 is 10.1 Å². The van der Waals surface area contributed by atoms with Crippen LogP contribution in [0.1, 0.15) is 24.1 Å². The zero-order chi connectivity index (χ0) is 15.2. The van der Waals surface area contributed by atoms with Crippen LogP contribution in [-0.4, -0.2) is 13.1 Å². The van der Waals surface area contributed by atoms with Gasteiger partial charge in [0.15, 0.2) is 6.04 Å². The number of rotatable bonds is 5. The fraction of sp³-hybridized carbons (Fsp3) is 0.235. The Balaban J connectivity index is 2.30. The number of halogens is 1. The van der Waals surface area contributed by atoms with E-state index in [1.807, 2.05) is 24.3 Å². The molecule has 1 unspecified atom stereocenters. The van der Waals surface area contributed by atoms with Crippen molar-refractivity contribution in [1.29, 1.82) is 0 Å². The Morgan fingerprint density at radius 2 is 1.86 bits per heavy atom. The van der Waals surface area contributed by atoms with Crippen molar-refractivity contribution < 1.29 is 13.9 Å². The molecule has 0 aliphatic heterocycles. The molecule has 4 heteroatoms. The Kier molecular flexibility index (Phi) is 4.93. The lowest BCUT2D eigenvalue weighted by atomic mass is 10.0. The number of carbonyl (C=O) groups is 1. The van der Waals surface area contributed by atoms with Crippen LogP contribution in [0.5, 0.6) is 0 Å². The van der Waals surface area contributed by atoms with Crippen LogP contribution in [-0.2, 0) is 16.0 Å². The molecule has 0 saturated carbocycles. The number of ether oxygens (including phenoxy) is 1. The molecule has 0 bridgehead atoms. The SMILES string of the molecule is CCc1ccc(C(Nc2ccccc2F)C(=O)OC)cc1. The lowest BCUT2D eigenvalue weighted by molar-refractivity contribution is -0.141. The molecule has 0 aliphatic rings. The Bertz CT molecular complexity index is 610. The lowest BCUT2D eigenvalue weighted by Gasteiger charge is -2.18. The standard InChI is InChI=1S/C17H18FNO2/c1-3-12-8-10-13(11-9-12)16(17(20)21-2)19-15-7-5-4-6-14(15)18/h4-11,16,19H,3H2,1-2H3. The zero-order valence-corrected chi connectivity index (χ0v) is 12.1. The monoisotopic (exact) mass is 287 g/mol. The Morgan fingerprint density at radius 3 is 2.43 bits per heavy atom. The molecular formula is C17H18FNO2. The summed E-state index contributed by atoms with van der Waals surface area (Å²) < 4.78 is 18.5. The van der Waals surface area contributed by atoms with Gasteiger partial charge in [0.2, 0.25) is 0 Å². The second-order valence-electron chi connectivity index (χ2n) is 4.68. The highest BCUT2D eigenvalue weighted by molar-refractivity contribution is 5.81. The second kappa shape index (κ2) is 6.88. The van der Waals surface area contributed by atoms with Crippen molar-refractivity contribution >= 4 is 11.7 Å². The van der Waals surface area contributed by atoms with Crippen LogP contribution in [0.3, 0.4) is 0 Å². The number of hydrogen-bond donors (Lipinski definition) is 1. The van der Waals surface area contributed by atoms with Gasteiger partial charge in [-0.3, -0.25) is 0 Å². The highest BCUT2D eigenvalue weighted by Crippen LogP contribution is 2.23. The van der Waals surface area contributed by atoms with Gasteiger partial charge in [0.1, 0.15) is 5.82 Å². The number of carbonyl (C=O) groups excluding carboxylic acids is 1. The van der Waals surface area contributed by atoms with Crippen molar-refractivity contribution in [2.45, 2.75) is 19.4 Å². The maximum atomic E-state index is 13.7. The Morgan fingerprint density at radius 1 is 1.19 bits per heavy atom. The van der Waals surface area contributed by atoms with Crippen LogP contribution in [0.4, 0.5) is 10.1 Å². The Labute approximate surface area is 123 Å². The van der Waals surface area contributed by atoms with Crippen molar-refractivity contribution in [2.24, 2.45) is 0 Å². The number of nitrogens with one attached hydrogen (secondary N) is 1. The summed E-state index contributed by atoms with van der Waals surface area (Å²) in [6.45, 7) is 2.06. The third kappa shape index (κ3) is 3.60. The fourth-order valence-corrected chi connectivity index (χ4v) is 2.08. The number of benzene rings is 2. The molecule has 0 amide bonds. The van der Waals surface area contributed by atoms with Gasteiger partial charge in [0.25, 0.3) is 0 Å². The van der Waals surface area contributed by atoms with Crippen LogP contribution in [0.2, 0.25) is 0 Å². The summed E-state index contributed by atoms with van der Waals surface area (Å²) in [6, 6.07) is 13.1. The van der Waals surface area contributed by atoms with Crippen LogP contribution < -0.4 is 5.32 Å². The summed E-state index contributed by atoms with van der Waals surface area (Å²) in [5.41, 5.74) is 2.18. The summed E-state index contributed by atoms with van der Waals surface area (Å²) in [5.74, 6) is -0.862. The molecule has 2 rings (SSSR count). The van der Waals surface area contributed by atoms with E-state index in [1.54, 1.807) is 18.2 Å². The number of aryl methyl sites for hydroxylation is 1. The van der Waals surface area contributed by atoms with Crippen LogP contribution in [0.15, 0.2) is 48.5 Å². The number of para-hydroxylation sites is 1. The normalized spacial score (nSPS) is 11.8. The molecule has 1 atom stereocenters. The van der Waals surface area contributed by atoms with Crippen molar-refractivity contribution in [3.05, 3.63) is 65.5 Å².